The average molecular weight is 257 g/mol. The lowest BCUT2D eigenvalue weighted by Crippen LogP contribution is -2.47. The Kier molecular flexibility index (Phi) is 4.73. The third kappa shape index (κ3) is 4.29. The highest BCUT2D eigenvalue weighted by Gasteiger charge is 2.35. The summed E-state index contributed by atoms with van der Waals surface area (Å²) in [7, 11) is 0. The van der Waals surface area contributed by atoms with Gasteiger partial charge in [0.2, 0.25) is 5.91 Å². The lowest BCUT2D eigenvalue weighted by Gasteiger charge is -2.33. The number of hydrogen-bond donors (Lipinski definition) is 3. The van der Waals surface area contributed by atoms with E-state index in [-0.39, 0.29) is 24.3 Å². The first-order valence-electron chi connectivity index (χ1n) is 6.48. The van der Waals surface area contributed by atoms with Gasteiger partial charge in [-0.1, -0.05) is 26.2 Å². The molecule has 0 aliphatic heterocycles. The minimum atomic E-state index is -1.40. The first-order valence-corrected chi connectivity index (χ1v) is 6.48. The Morgan fingerprint density at radius 3 is 2.33 bits per heavy atom. The van der Waals surface area contributed by atoms with Crippen molar-refractivity contribution in [2.24, 2.45) is 5.41 Å². The number of hydrogen-bond acceptors (Lipinski definition) is 3. The van der Waals surface area contributed by atoms with Gasteiger partial charge in [0, 0.05) is 12.0 Å². The highest BCUT2D eigenvalue weighted by molar-refractivity contribution is 5.82. The molecule has 18 heavy (non-hydrogen) atoms. The molecule has 1 amide bonds. The van der Waals surface area contributed by atoms with Crippen LogP contribution >= 0.6 is 0 Å². The molecular weight excluding hydrogens is 234 g/mol. The maximum Gasteiger partial charge on any atom is 0.306 e. The molecule has 5 heteroatoms. The van der Waals surface area contributed by atoms with Crippen LogP contribution in [-0.2, 0) is 9.59 Å². The van der Waals surface area contributed by atoms with Crippen molar-refractivity contribution in [3.05, 3.63) is 0 Å². The van der Waals surface area contributed by atoms with Crippen LogP contribution < -0.4 is 5.32 Å². The molecule has 104 valence electrons. The molecule has 0 aromatic rings. The van der Waals surface area contributed by atoms with Gasteiger partial charge in [0.05, 0.1) is 12.0 Å². The molecule has 1 unspecified atom stereocenters. The van der Waals surface area contributed by atoms with Gasteiger partial charge in [-0.05, 0) is 19.8 Å². The van der Waals surface area contributed by atoms with Gasteiger partial charge in [0.1, 0.15) is 0 Å². The number of nitrogens with one attached hydrogen (secondary N) is 1. The van der Waals surface area contributed by atoms with Crippen LogP contribution in [-0.4, -0.2) is 34.2 Å². The number of aliphatic carboxylic acids is 1. The molecule has 1 atom stereocenters. The van der Waals surface area contributed by atoms with Crippen molar-refractivity contribution in [3.63, 3.8) is 0 Å². The van der Waals surface area contributed by atoms with E-state index in [0.29, 0.717) is 0 Å². The van der Waals surface area contributed by atoms with Gasteiger partial charge in [0.25, 0.3) is 0 Å². The first kappa shape index (κ1) is 15.0. The topological polar surface area (TPSA) is 86.6 Å². The number of carboxylic acids is 1. The minimum absolute atomic E-state index is 0.0201. The average Bonchev–Trinajstić information content (AvgIpc) is 2.25. The number of rotatable bonds is 5. The molecule has 0 heterocycles. The normalized spacial score (nSPS) is 21.9. The fourth-order valence-electron chi connectivity index (χ4n) is 2.43. The number of carbonyl (C=O) groups is 2. The zero-order valence-corrected chi connectivity index (χ0v) is 11.2. The van der Waals surface area contributed by atoms with Crippen molar-refractivity contribution < 1.29 is 19.8 Å². The minimum Gasteiger partial charge on any atom is -0.481 e. The van der Waals surface area contributed by atoms with Crippen LogP contribution in [0.5, 0.6) is 0 Å². The maximum atomic E-state index is 12.1. The quantitative estimate of drug-likeness (QED) is 0.693. The van der Waals surface area contributed by atoms with Crippen molar-refractivity contribution in [3.8, 4) is 0 Å². The van der Waals surface area contributed by atoms with Gasteiger partial charge in [-0.25, -0.2) is 0 Å². The Balaban J connectivity index is 2.47. The summed E-state index contributed by atoms with van der Waals surface area (Å²) in [5.41, 5.74) is -1.76. The van der Waals surface area contributed by atoms with E-state index in [1.807, 2.05) is 6.92 Å². The molecule has 1 rings (SSSR count). The Labute approximate surface area is 108 Å². The van der Waals surface area contributed by atoms with Gasteiger partial charge < -0.3 is 15.5 Å². The second-order valence-electron chi connectivity index (χ2n) is 5.87. The molecule has 3 N–H and O–H groups in total. The first-order chi connectivity index (χ1) is 8.25. The monoisotopic (exact) mass is 257 g/mol. The summed E-state index contributed by atoms with van der Waals surface area (Å²) in [6, 6.07) is 0. The number of carboxylic acid groups (broad SMARTS) is 1. The molecule has 0 bridgehead atoms. The van der Waals surface area contributed by atoms with E-state index in [0.717, 1.165) is 25.7 Å². The van der Waals surface area contributed by atoms with Gasteiger partial charge in [0.15, 0.2) is 0 Å². The molecular formula is C13H23NO4. The zero-order valence-electron chi connectivity index (χ0n) is 11.2. The van der Waals surface area contributed by atoms with Crippen LogP contribution in [0.25, 0.3) is 0 Å². The van der Waals surface area contributed by atoms with Crippen LogP contribution in [0.2, 0.25) is 0 Å². The largest absolute Gasteiger partial charge is 0.481 e. The van der Waals surface area contributed by atoms with Gasteiger partial charge in [-0.15, -0.1) is 0 Å². The summed E-state index contributed by atoms with van der Waals surface area (Å²) in [6.45, 7) is 3.34. The molecule has 1 aliphatic rings. The van der Waals surface area contributed by atoms with Crippen LogP contribution in [0.4, 0.5) is 0 Å². The molecule has 1 aliphatic carbocycles. The Morgan fingerprint density at radius 1 is 1.28 bits per heavy atom. The molecule has 0 aromatic heterocycles. The smallest absolute Gasteiger partial charge is 0.306 e. The maximum absolute atomic E-state index is 12.1. The second kappa shape index (κ2) is 5.69. The van der Waals surface area contributed by atoms with E-state index in [1.54, 1.807) is 0 Å². The van der Waals surface area contributed by atoms with Crippen molar-refractivity contribution in [2.45, 2.75) is 58.0 Å². The SMILES string of the molecule is CC(O)(CNC(=O)C1(C)CCCCC1)CC(=O)O. The van der Waals surface area contributed by atoms with Crippen molar-refractivity contribution in [1.29, 1.82) is 0 Å². The summed E-state index contributed by atoms with van der Waals surface area (Å²) in [5.74, 6) is -1.15. The molecule has 1 saturated carbocycles. The highest BCUT2D eigenvalue weighted by atomic mass is 16.4. The van der Waals surface area contributed by atoms with Crippen LogP contribution in [0, 0.1) is 5.41 Å². The van der Waals surface area contributed by atoms with Crippen LogP contribution in [0.3, 0.4) is 0 Å². The van der Waals surface area contributed by atoms with Crippen LogP contribution in [0.1, 0.15) is 52.4 Å². The molecule has 0 spiro atoms. The molecule has 1 fully saturated rings. The van der Waals surface area contributed by atoms with Gasteiger partial charge in [-0.3, -0.25) is 9.59 Å². The predicted molar refractivity (Wildman–Crippen MR) is 67.1 cm³/mol. The van der Waals surface area contributed by atoms with Gasteiger partial charge >= 0.3 is 5.97 Å². The van der Waals surface area contributed by atoms with Crippen molar-refractivity contribution in [2.75, 3.05) is 6.54 Å². The standard InChI is InChI=1S/C13H23NO4/c1-12(6-4-3-5-7-12)11(17)14-9-13(2,18)8-10(15)16/h18H,3-9H2,1-2H3,(H,14,17)(H,15,16). The second-order valence-corrected chi connectivity index (χ2v) is 5.87. The van der Waals surface area contributed by atoms with E-state index in [4.69, 9.17) is 5.11 Å². The lowest BCUT2D eigenvalue weighted by molar-refractivity contribution is -0.143. The molecule has 0 aromatic carbocycles. The predicted octanol–water partition coefficient (Wildman–Crippen LogP) is 1.30. The summed E-state index contributed by atoms with van der Waals surface area (Å²) < 4.78 is 0. The summed E-state index contributed by atoms with van der Waals surface area (Å²) >= 11 is 0. The summed E-state index contributed by atoms with van der Waals surface area (Å²) in [5, 5.41) is 21.1. The lowest BCUT2D eigenvalue weighted by atomic mass is 9.75. The molecule has 0 radical (unpaired) electrons. The third-order valence-corrected chi connectivity index (χ3v) is 3.67. The van der Waals surface area contributed by atoms with E-state index in [1.165, 1.54) is 13.3 Å². The fraction of sp³-hybridized carbons (Fsp3) is 0.846. The third-order valence-electron chi connectivity index (χ3n) is 3.67. The number of carbonyl (C=O) groups excluding carboxylic acids is 1. The molecule has 5 nitrogen and oxygen atoms in total. The van der Waals surface area contributed by atoms with E-state index < -0.39 is 11.6 Å². The van der Waals surface area contributed by atoms with Gasteiger partial charge in [-0.2, -0.15) is 0 Å². The summed E-state index contributed by atoms with van der Waals surface area (Å²) in [6.07, 6.45) is 4.62. The zero-order chi connectivity index (χ0) is 13.8. The van der Waals surface area contributed by atoms with Crippen molar-refractivity contribution in [1.82, 2.24) is 5.32 Å². The fourth-order valence-corrected chi connectivity index (χ4v) is 2.43. The van der Waals surface area contributed by atoms with E-state index in [9.17, 15) is 14.7 Å². The highest BCUT2D eigenvalue weighted by Crippen LogP contribution is 2.35. The Hall–Kier alpha value is -1.10. The van der Waals surface area contributed by atoms with E-state index in [2.05, 4.69) is 5.32 Å². The van der Waals surface area contributed by atoms with Crippen LogP contribution in [0.15, 0.2) is 0 Å². The van der Waals surface area contributed by atoms with Crippen molar-refractivity contribution >= 4 is 11.9 Å². The Bertz CT molecular complexity index is 319. The number of amides is 1. The Morgan fingerprint density at radius 2 is 1.83 bits per heavy atom. The summed E-state index contributed by atoms with van der Waals surface area (Å²) in [4.78, 5) is 22.6. The number of aliphatic hydroxyl groups is 1. The molecule has 0 saturated heterocycles. The van der Waals surface area contributed by atoms with E-state index >= 15 is 0 Å².